The number of nitrogens with one attached hydrogen (secondary N) is 1. The van der Waals surface area contributed by atoms with Crippen molar-refractivity contribution < 1.29 is 4.39 Å². The third-order valence-electron chi connectivity index (χ3n) is 1.64. The van der Waals surface area contributed by atoms with E-state index in [-0.39, 0.29) is 10.8 Å². The standard InChI is InChI=1S/C9H11ClFN/c1-3-12-7-5-4-6(2)8(10)9(7)11/h4-5,12H,3H2,1-2H3. The highest BCUT2D eigenvalue weighted by Crippen LogP contribution is 2.25. The minimum atomic E-state index is -0.362. The summed E-state index contributed by atoms with van der Waals surface area (Å²) in [6, 6.07) is 3.49. The zero-order chi connectivity index (χ0) is 9.14. The van der Waals surface area contributed by atoms with Crippen LogP contribution in [0.2, 0.25) is 5.02 Å². The predicted molar refractivity (Wildman–Crippen MR) is 50.3 cm³/mol. The van der Waals surface area contributed by atoms with Crippen molar-refractivity contribution in [1.29, 1.82) is 0 Å². The van der Waals surface area contributed by atoms with E-state index >= 15 is 0 Å². The number of halogens is 2. The lowest BCUT2D eigenvalue weighted by molar-refractivity contribution is 0.630. The normalized spacial score (nSPS) is 10.0. The Labute approximate surface area is 76.5 Å². The van der Waals surface area contributed by atoms with Gasteiger partial charge in [-0.15, -0.1) is 0 Å². The lowest BCUT2D eigenvalue weighted by Gasteiger charge is -2.07. The van der Waals surface area contributed by atoms with Gasteiger partial charge in [-0.1, -0.05) is 17.7 Å². The minimum Gasteiger partial charge on any atom is -0.383 e. The molecule has 1 aromatic carbocycles. The zero-order valence-corrected chi connectivity index (χ0v) is 7.87. The molecule has 0 amide bonds. The van der Waals surface area contributed by atoms with Gasteiger partial charge in [0.2, 0.25) is 0 Å². The van der Waals surface area contributed by atoms with E-state index < -0.39 is 0 Å². The molecule has 0 aromatic heterocycles. The number of anilines is 1. The van der Waals surface area contributed by atoms with Crippen LogP contribution in [0.5, 0.6) is 0 Å². The van der Waals surface area contributed by atoms with Gasteiger partial charge >= 0.3 is 0 Å². The van der Waals surface area contributed by atoms with Crippen molar-refractivity contribution >= 4 is 17.3 Å². The Morgan fingerprint density at radius 2 is 2.17 bits per heavy atom. The van der Waals surface area contributed by atoms with E-state index in [4.69, 9.17) is 11.6 Å². The molecule has 0 atom stereocenters. The van der Waals surface area contributed by atoms with E-state index in [0.717, 1.165) is 5.56 Å². The first kappa shape index (κ1) is 9.33. The Hall–Kier alpha value is -0.760. The van der Waals surface area contributed by atoms with Gasteiger partial charge in [0.1, 0.15) is 0 Å². The van der Waals surface area contributed by atoms with Crippen molar-refractivity contribution in [2.75, 3.05) is 11.9 Å². The fourth-order valence-corrected chi connectivity index (χ4v) is 1.14. The lowest BCUT2D eigenvalue weighted by Crippen LogP contribution is -2.00. The molecule has 0 spiro atoms. The summed E-state index contributed by atoms with van der Waals surface area (Å²) < 4.78 is 13.3. The largest absolute Gasteiger partial charge is 0.383 e. The number of hydrogen-bond acceptors (Lipinski definition) is 1. The second kappa shape index (κ2) is 3.76. The molecule has 1 aromatic rings. The second-order valence-corrected chi connectivity index (χ2v) is 2.97. The Kier molecular flexibility index (Phi) is 2.93. The molecular weight excluding hydrogens is 177 g/mol. The highest BCUT2D eigenvalue weighted by Gasteiger charge is 2.07. The van der Waals surface area contributed by atoms with Crippen LogP contribution < -0.4 is 5.32 Å². The van der Waals surface area contributed by atoms with E-state index in [0.29, 0.717) is 12.2 Å². The average molecular weight is 188 g/mol. The van der Waals surface area contributed by atoms with E-state index in [1.54, 1.807) is 19.1 Å². The van der Waals surface area contributed by atoms with Gasteiger partial charge in [-0.05, 0) is 25.5 Å². The van der Waals surface area contributed by atoms with Crippen LogP contribution in [0.4, 0.5) is 10.1 Å². The molecule has 0 aliphatic carbocycles. The van der Waals surface area contributed by atoms with Crippen LogP contribution in [0.1, 0.15) is 12.5 Å². The molecule has 0 heterocycles. The van der Waals surface area contributed by atoms with Crippen LogP contribution in [-0.4, -0.2) is 6.54 Å². The minimum absolute atomic E-state index is 0.202. The summed E-state index contributed by atoms with van der Waals surface area (Å²) in [6.45, 7) is 4.38. The molecule has 0 aliphatic heterocycles. The van der Waals surface area contributed by atoms with Crippen molar-refractivity contribution in [3.8, 4) is 0 Å². The Morgan fingerprint density at radius 3 is 2.75 bits per heavy atom. The van der Waals surface area contributed by atoms with Crippen LogP contribution in [0.15, 0.2) is 12.1 Å². The number of hydrogen-bond donors (Lipinski definition) is 1. The van der Waals surface area contributed by atoms with Gasteiger partial charge in [0, 0.05) is 6.54 Å². The van der Waals surface area contributed by atoms with Gasteiger partial charge in [0.25, 0.3) is 0 Å². The smallest absolute Gasteiger partial charge is 0.165 e. The van der Waals surface area contributed by atoms with Crippen molar-refractivity contribution in [3.05, 3.63) is 28.5 Å². The molecule has 0 radical (unpaired) electrons. The fraction of sp³-hybridized carbons (Fsp3) is 0.333. The number of rotatable bonds is 2. The van der Waals surface area contributed by atoms with Gasteiger partial charge in [-0.25, -0.2) is 4.39 Å². The first-order valence-corrected chi connectivity index (χ1v) is 4.23. The Morgan fingerprint density at radius 1 is 1.50 bits per heavy atom. The van der Waals surface area contributed by atoms with Crippen LogP contribution >= 0.6 is 11.6 Å². The summed E-state index contributed by atoms with van der Waals surface area (Å²) in [5, 5.41) is 3.09. The molecule has 66 valence electrons. The van der Waals surface area contributed by atoms with E-state index in [2.05, 4.69) is 5.32 Å². The van der Waals surface area contributed by atoms with Crippen molar-refractivity contribution in [3.63, 3.8) is 0 Å². The molecule has 0 aliphatic rings. The quantitative estimate of drug-likeness (QED) is 0.750. The third-order valence-corrected chi connectivity index (χ3v) is 2.11. The molecule has 0 fully saturated rings. The molecule has 0 bridgehead atoms. The summed E-state index contributed by atoms with van der Waals surface area (Å²) in [5.74, 6) is -0.362. The predicted octanol–water partition coefficient (Wildman–Crippen LogP) is 3.22. The number of aryl methyl sites for hydroxylation is 1. The van der Waals surface area contributed by atoms with Gasteiger partial charge in [0.05, 0.1) is 10.7 Å². The maximum Gasteiger partial charge on any atom is 0.165 e. The summed E-state index contributed by atoms with van der Waals surface area (Å²) in [4.78, 5) is 0. The molecule has 1 rings (SSSR count). The maximum absolute atomic E-state index is 13.3. The molecule has 1 N–H and O–H groups in total. The maximum atomic E-state index is 13.3. The Bertz CT molecular complexity index is 286. The van der Waals surface area contributed by atoms with Gasteiger partial charge in [-0.3, -0.25) is 0 Å². The molecule has 0 saturated carbocycles. The van der Waals surface area contributed by atoms with E-state index in [9.17, 15) is 4.39 Å². The van der Waals surface area contributed by atoms with Crippen molar-refractivity contribution in [2.24, 2.45) is 0 Å². The van der Waals surface area contributed by atoms with Gasteiger partial charge < -0.3 is 5.32 Å². The van der Waals surface area contributed by atoms with Crippen LogP contribution in [0, 0.1) is 12.7 Å². The van der Waals surface area contributed by atoms with E-state index in [1.165, 1.54) is 0 Å². The molecule has 3 heteroatoms. The highest BCUT2D eigenvalue weighted by atomic mass is 35.5. The summed E-state index contributed by atoms with van der Waals surface area (Å²) in [7, 11) is 0. The summed E-state index contributed by atoms with van der Waals surface area (Å²) in [6.07, 6.45) is 0. The van der Waals surface area contributed by atoms with Crippen LogP contribution in [0.3, 0.4) is 0 Å². The van der Waals surface area contributed by atoms with E-state index in [1.807, 2.05) is 6.92 Å². The molecule has 1 nitrogen and oxygen atoms in total. The van der Waals surface area contributed by atoms with Crippen molar-refractivity contribution in [1.82, 2.24) is 0 Å². The first-order valence-electron chi connectivity index (χ1n) is 3.85. The summed E-state index contributed by atoms with van der Waals surface area (Å²) >= 11 is 5.70. The average Bonchev–Trinajstić information content (AvgIpc) is 2.07. The van der Waals surface area contributed by atoms with Gasteiger partial charge in [0.15, 0.2) is 5.82 Å². The molecule has 12 heavy (non-hydrogen) atoms. The number of benzene rings is 1. The van der Waals surface area contributed by atoms with Gasteiger partial charge in [-0.2, -0.15) is 0 Å². The fourth-order valence-electron chi connectivity index (χ4n) is 0.973. The van der Waals surface area contributed by atoms with Crippen molar-refractivity contribution in [2.45, 2.75) is 13.8 Å². The van der Waals surface area contributed by atoms with Crippen LogP contribution in [-0.2, 0) is 0 Å². The molecule has 0 saturated heterocycles. The summed E-state index contributed by atoms with van der Waals surface area (Å²) in [5.41, 5.74) is 1.23. The van der Waals surface area contributed by atoms with Crippen LogP contribution in [0.25, 0.3) is 0 Å². The third kappa shape index (κ3) is 1.69. The second-order valence-electron chi connectivity index (χ2n) is 2.59. The topological polar surface area (TPSA) is 12.0 Å². The molecular formula is C9H11ClFN. The molecule has 0 unspecified atom stereocenters. The first-order chi connectivity index (χ1) is 5.66. The highest BCUT2D eigenvalue weighted by molar-refractivity contribution is 6.31. The lowest BCUT2D eigenvalue weighted by atomic mass is 10.2. The Balaban J connectivity index is 3.08. The SMILES string of the molecule is CCNc1ccc(C)c(Cl)c1F. The zero-order valence-electron chi connectivity index (χ0n) is 7.12. The monoisotopic (exact) mass is 187 g/mol.